The molecule has 0 saturated heterocycles. The molecular weight excluding hydrogens is 258 g/mol. The third-order valence-electron chi connectivity index (χ3n) is 2.32. The summed E-state index contributed by atoms with van der Waals surface area (Å²) in [4.78, 5) is 11.4. The molecule has 1 amide bonds. The minimum atomic E-state index is -3.71. The van der Waals surface area contributed by atoms with E-state index in [-0.39, 0.29) is 23.0 Å². The second kappa shape index (κ2) is 5.51. The van der Waals surface area contributed by atoms with E-state index in [9.17, 15) is 13.2 Å². The van der Waals surface area contributed by atoms with Gasteiger partial charge in [-0.05, 0) is 13.0 Å². The van der Waals surface area contributed by atoms with Gasteiger partial charge in [0, 0.05) is 26.8 Å². The number of aliphatic hydroxyl groups is 1. The summed E-state index contributed by atoms with van der Waals surface area (Å²) in [6.45, 7) is 1.40. The molecule has 8 heteroatoms. The highest BCUT2D eigenvalue weighted by Crippen LogP contribution is 2.13. The van der Waals surface area contributed by atoms with Crippen molar-refractivity contribution in [3.63, 3.8) is 0 Å². The van der Waals surface area contributed by atoms with Crippen LogP contribution in [0.5, 0.6) is 0 Å². The molecule has 3 N–H and O–H groups in total. The second-order valence-electron chi connectivity index (χ2n) is 3.95. The van der Waals surface area contributed by atoms with Crippen molar-refractivity contribution in [3.8, 4) is 0 Å². The smallest absolute Gasteiger partial charge is 0.267 e. The maximum atomic E-state index is 11.8. The predicted molar refractivity (Wildman–Crippen MR) is 65.7 cm³/mol. The number of amides is 1. The van der Waals surface area contributed by atoms with E-state index in [0.29, 0.717) is 0 Å². The summed E-state index contributed by atoms with van der Waals surface area (Å²) < 4.78 is 27.4. The largest absolute Gasteiger partial charge is 0.392 e. The van der Waals surface area contributed by atoms with Crippen LogP contribution in [-0.4, -0.2) is 43.7 Å². The topological polar surface area (TPSA) is 100 Å². The van der Waals surface area contributed by atoms with Crippen molar-refractivity contribution in [2.24, 2.45) is 7.05 Å². The Labute approximate surface area is 106 Å². The van der Waals surface area contributed by atoms with Crippen molar-refractivity contribution in [2.45, 2.75) is 17.9 Å². The molecule has 1 heterocycles. The van der Waals surface area contributed by atoms with Gasteiger partial charge in [-0.15, -0.1) is 0 Å². The average molecular weight is 275 g/mol. The molecule has 1 aromatic rings. The first-order valence-electron chi connectivity index (χ1n) is 5.34. The van der Waals surface area contributed by atoms with Gasteiger partial charge in [0.15, 0.2) is 0 Å². The normalized spacial score (nSPS) is 13.3. The van der Waals surface area contributed by atoms with Crippen molar-refractivity contribution >= 4 is 15.9 Å². The molecule has 1 aromatic heterocycles. The minimum absolute atomic E-state index is 0.00995. The third-order valence-corrected chi connectivity index (χ3v) is 3.71. The number of aromatic nitrogens is 1. The van der Waals surface area contributed by atoms with Gasteiger partial charge in [0.2, 0.25) is 10.0 Å². The maximum Gasteiger partial charge on any atom is 0.267 e. The highest BCUT2D eigenvalue weighted by atomic mass is 32.2. The molecule has 0 fully saturated rings. The summed E-state index contributed by atoms with van der Waals surface area (Å²) in [5.74, 6) is -0.366. The molecule has 0 bridgehead atoms. The Balaban J connectivity index is 3.00. The zero-order valence-electron chi connectivity index (χ0n) is 10.5. The molecule has 0 radical (unpaired) electrons. The summed E-state index contributed by atoms with van der Waals surface area (Å²) in [6, 6.07) is 1.28. The lowest BCUT2D eigenvalue weighted by Crippen LogP contribution is -2.30. The molecule has 1 unspecified atom stereocenters. The SMILES string of the molecule is CNC(=O)c1cc(S(=O)(=O)NCC(C)O)cn1C. The van der Waals surface area contributed by atoms with Gasteiger partial charge in [0.25, 0.3) is 5.91 Å². The number of carbonyl (C=O) groups is 1. The molecule has 102 valence electrons. The Morgan fingerprint density at radius 1 is 1.56 bits per heavy atom. The van der Waals surface area contributed by atoms with Crippen LogP contribution in [0.2, 0.25) is 0 Å². The van der Waals surface area contributed by atoms with Gasteiger partial charge in [-0.2, -0.15) is 0 Å². The molecule has 0 aliphatic rings. The molecule has 0 saturated carbocycles. The highest BCUT2D eigenvalue weighted by molar-refractivity contribution is 7.89. The predicted octanol–water partition coefficient (Wildman–Crippen LogP) is -0.956. The number of carbonyl (C=O) groups excluding carboxylic acids is 1. The fraction of sp³-hybridized carbons (Fsp3) is 0.500. The number of aliphatic hydroxyl groups excluding tert-OH is 1. The standard InChI is InChI=1S/C10H17N3O4S/c1-7(14)5-12-18(16,17)8-4-9(10(15)11-2)13(3)6-8/h4,6-7,12,14H,5H2,1-3H3,(H,11,15). The van der Waals surface area contributed by atoms with E-state index in [1.54, 1.807) is 7.05 Å². The van der Waals surface area contributed by atoms with E-state index < -0.39 is 16.1 Å². The summed E-state index contributed by atoms with van der Waals surface area (Å²) in [6.07, 6.45) is 0.566. The second-order valence-corrected chi connectivity index (χ2v) is 5.72. The fourth-order valence-corrected chi connectivity index (χ4v) is 2.54. The molecule has 0 aliphatic carbocycles. The first-order valence-corrected chi connectivity index (χ1v) is 6.82. The van der Waals surface area contributed by atoms with Crippen LogP contribution in [0, 0.1) is 0 Å². The van der Waals surface area contributed by atoms with E-state index in [1.165, 1.54) is 30.8 Å². The van der Waals surface area contributed by atoms with Gasteiger partial charge >= 0.3 is 0 Å². The van der Waals surface area contributed by atoms with Crippen LogP contribution in [0.1, 0.15) is 17.4 Å². The number of rotatable bonds is 5. The van der Waals surface area contributed by atoms with Gasteiger partial charge in [-0.25, -0.2) is 13.1 Å². The number of nitrogens with one attached hydrogen (secondary N) is 2. The Bertz CT molecular complexity index is 533. The molecule has 1 atom stereocenters. The van der Waals surface area contributed by atoms with Crippen LogP contribution in [0.4, 0.5) is 0 Å². The van der Waals surface area contributed by atoms with Gasteiger partial charge < -0.3 is 15.0 Å². The molecule has 0 aromatic carbocycles. The van der Waals surface area contributed by atoms with Crippen LogP contribution >= 0.6 is 0 Å². The highest BCUT2D eigenvalue weighted by Gasteiger charge is 2.20. The van der Waals surface area contributed by atoms with E-state index in [0.717, 1.165) is 0 Å². The molecular formula is C10H17N3O4S. The lowest BCUT2D eigenvalue weighted by molar-refractivity contribution is 0.0955. The van der Waals surface area contributed by atoms with Crippen molar-refractivity contribution in [1.82, 2.24) is 14.6 Å². The molecule has 7 nitrogen and oxygen atoms in total. The quantitative estimate of drug-likeness (QED) is 0.644. The summed E-state index contributed by atoms with van der Waals surface area (Å²) >= 11 is 0. The van der Waals surface area contributed by atoms with Crippen LogP contribution in [0.15, 0.2) is 17.2 Å². The lowest BCUT2D eigenvalue weighted by atomic mass is 10.4. The van der Waals surface area contributed by atoms with Crippen molar-refractivity contribution in [1.29, 1.82) is 0 Å². The Morgan fingerprint density at radius 2 is 2.17 bits per heavy atom. The van der Waals surface area contributed by atoms with E-state index in [4.69, 9.17) is 5.11 Å². The van der Waals surface area contributed by atoms with Gasteiger partial charge in [0.05, 0.1) is 6.10 Å². The number of nitrogens with zero attached hydrogens (tertiary/aromatic N) is 1. The van der Waals surface area contributed by atoms with Gasteiger partial charge in [-0.1, -0.05) is 0 Å². The van der Waals surface area contributed by atoms with Crippen molar-refractivity contribution < 1.29 is 18.3 Å². The fourth-order valence-electron chi connectivity index (χ4n) is 1.35. The first-order chi connectivity index (χ1) is 8.27. The number of sulfonamides is 1. The van der Waals surface area contributed by atoms with Crippen molar-refractivity contribution in [3.05, 3.63) is 18.0 Å². The van der Waals surface area contributed by atoms with Crippen LogP contribution in [0.3, 0.4) is 0 Å². The molecule has 18 heavy (non-hydrogen) atoms. The third kappa shape index (κ3) is 3.31. The van der Waals surface area contributed by atoms with Crippen LogP contribution < -0.4 is 10.0 Å². The molecule has 0 aliphatic heterocycles. The zero-order chi connectivity index (χ0) is 13.9. The van der Waals surface area contributed by atoms with Gasteiger partial charge in [0.1, 0.15) is 10.6 Å². The first kappa shape index (κ1) is 14.7. The Morgan fingerprint density at radius 3 is 2.67 bits per heavy atom. The number of aryl methyl sites for hydroxylation is 1. The molecule has 1 rings (SSSR count). The van der Waals surface area contributed by atoms with Crippen LogP contribution in [-0.2, 0) is 17.1 Å². The van der Waals surface area contributed by atoms with E-state index in [1.807, 2.05) is 0 Å². The minimum Gasteiger partial charge on any atom is -0.392 e. The zero-order valence-corrected chi connectivity index (χ0v) is 11.3. The summed E-state index contributed by atoms with van der Waals surface area (Å²) in [7, 11) is -0.661. The summed E-state index contributed by atoms with van der Waals surface area (Å²) in [5.41, 5.74) is 0.245. The monoisotopic (exact) mass is 275 g/mol. The van der Waals surface area contributed by atoms with Gasteiger partial charge in [-0.3, -0.25) is 4.79 Å². The Kier molecular flexibility index (Phi) is 4.49. The van der Waals surface area contributed by atoms with Crippen LogP contribution in [0.25, 0.3) is 0 Å². The number of hydrogen-bond acceptors (Lipinski definition) is 4. The van der Waals surface area contributed by atoms with Crippen molar-refractivity contribution in [2.75, 3.05) is 13.6 Å². The summed E-state index contributed by atoms with van der Waals surface area (Å²) in [5, 5.41) is 11.5. The average Bonchev–Trinajstić information content (AvgIpc) is 2.68. The molecule has 0 spiro atoms. The number of hydrogen-bond donors (Lipinski definition) is 3. The van der Waals surface area contributed by atoms with E-state index >= 15 is 0 Å². The lowest BCUT2D eigenvalue weighted by Gasteiger charge is -2.06. The van der Waals surface area contributed by atoms with E-state index in [2.05, 4.69) is 10.0 Å². The Hall–Kier alpha value is -1.38. The maximum absolute atomic E-state index is 11.8.